The van der Waals surface area contributed by atoms with Crippen molar-refractivity contribution in [3.63, 3.8) is 0 Å². The van der Waals surface area contributed by atoms with Gasteiger partial charge in [0.2, 0.25) is 5.91 Å². The summed E-state index contributed by atoms with van der Waals surface area (Å²) in [5, 5.41) is 4.07. The van der Waals surface area contributed by atoms with Gasteiger partial charge in [-0.05, 0) is 12.1 Å². The summed E-state index contributed by atoms with van der Waals surface area (Å²) in [5.41, 5.74) is 1.38. The number of benzene rings is 1. The van der Waals surface area contributed by atoms with Gasteiger partial charge in [0, 0.05) is 31.9 Å². The number of carbonyl (C=O) groups is 2. The van der Waals surface area contributed by atoms with Crippen molar-refractivity contribution < 1.29 is 9.59 Å². The molecule has 2 heterocycles. The molecule has 1 fully saturated rings. The summed E-state index contributed by atoms with van der Waals surface area (Å²) >= 11 is 0. The molecule has 2 amide bonds. The minimum absolute atomic E-state index is 0.0847. The Kier molecular flexibility index (Phi) is 3.43. The minimum atomic E-state index is -0.102. The first-order valence-electron chi connectivity index (χ1n) is 6.78. The van der Waals surface area contributed by atoms with E-state index in [2.05, 4.69) is 5.10 Å². The maximum absolute atomic E-state index is 12.3. The Morgan fingerprint density at radius 1 is 1.19 bits per heavy atom. The van der Waals surface area contributed by atoms with Crippen molar-refractivity contribution in [3.05, 3.63) is 48.3 Å². The number of aromatic nitrogens is 2. The van der Waals surface area contributed by atoms with Crippen molar-refractivity contribution in [2.24, 2.45) is 7.05 Å². The molecule has 0 unspecified atom stereocenters. The second kappa shape index (κ2) is 5.40. The minimum Gasteiger partial charge on any atom is -0.328 e. The Labute approximate surface area is 122 Å². The van der Waals surface area contributed by atoms with Crippen LogP contribution in [0.2, 0.25) is 0 Å². The molecule has 0 saturated carbocycles. The van der Waals surface area contributed by atoms with Gasteiger partial charge >= 0.3 is 0 Å². The van der Waals surface area contributed by atoms with Crippen molar-refractivity contribution in [2.75, 3.05) is 24.5 Å². The quantitative estimate of drug-likeness (QED) is 0.823. The second-order valence-electron chi connectivity index (χ2n) is 5.01. The molecule has 0 spiro atoms. The number of rotatable bonds is 2. The van der Waals surface area contributed by atoms with Crippen molar-refractivity contribution in [1.29, 1.82) is 0 Å². The molecule has 6 heteroatoms. The lowest BCUT2D eigenvalue weighted by molar-refractivity contribution is -0.120. The lowest BCUT2D eigenvalue weighted by Gasteiger charge is -2.33. The third-order valence-electron chi connectivity index (χ3n) is 3.53. The molecule has 1 aromatic heterocycles. The molecule has 0 aliphatic carbocycles. The van der Waals surface area contributed by atoms with Crippen LogP contribution in [0, 0.1) is 0 Å². The maximum Gasteiger partial charge on any atom is 0.254 e. The van der Waals surface area contributed by atoms with Crippen molar-refractivity contribution in [3.8, 4) is 0 Å². The highest BCUT2D eigenvalue weighted by molar-refractivity contribution is 6.01. The van der Waals surface area contributed by atoms with E-state index in [1.165, 1.54) is 0 Å². The zero-order valence-corrected chi connectivity index (χ0v) is 11.8. The van der Waals surface area contributed by atoms with Gasteiger partial charge in [-0.2, -0.15) is 5.10 Å². The van der Waals surface area contributed by atoms with Crippen LogP contribution < -0.4 is 4.90 Å². The van der Waals surface area contributed by atoms with Crippen molar-refractivity contribution in [2.45, 2.75) is 0 Å². The summed E-state index contributed by atoms with van der Waals surface area (Å²) in [6.45, 7) is 1.11. The van der Waals surface area contributed by atoms with Crippen LogP contribution in [0.1, 0.15) is 10.4 Å². The van der Waals surface area contributed by atoms with Crippen LogP contribution >= 0.6 is 0 Å². The average molecular weight is 284 g/mol. The summed E-state index contributed by atoms with van der Waals surface area (Å²) in [6.07, 6.45) is 3.46. The molecule has 0 bridgehead atoms. The van der Waals surface area contributed by atoms with E-state index in [-0.39, 0.29) is 18.4 Å². The van der Waals surface area contributed by atoms with Crippen LogP contribution in [0.15, 0.2) is 42.7 Å². The van der Waals surface area contributed by atoms with Gasteiger partial charge in [0.25, 0.3) is 5.91 Å². The first kappa shape index (κ1) is 13.4. The van der Waals surface area contributed by atoms with E-state index < -0.39 is 0 Å². The van der Waals surface area contributed by atoms with Crippen LogP contribution in [0.25, 0.3) is 0 Å². The molecule has 108 valence electrons. The number of aryl methyl sites for hydroxylation is 1. The zero-order chi connectivity index (χ0) is 14.8. The first-order chi connectivity index (χ1) is 10.1. The van der Waals surface area contributed by atoms with E-state index in [0.29, 0.717) is 18.7 Å². The second-order valence-corrected chi connectivity index (χ2v) is 5.01. The molecule has 1 aliphatic heterocycles. The molecule has 2 aromatic rings. The summed E-state index contributed by atoms with van der Waals surface area (Å²) < 4.78 is 1.66. The Bertz CT molecular complexity index is 665. The number of anilines is 1. The van der Waals surface area contributed by atoms with Crippen LogP contribution in [-0.2, 0) is 11.8 Å². The third kappa shape index (κ3) is 2.65. The van der Waals surface area contributed by atoms with E-state index >= 15 is 0 Å². The monoisotopic (exact) mass is 284 g/mol. The fourth-order valence-corrected chi connectivity index (χ4v) is 2.43. The molecular formula is C15H16N4O2. The highest BCUT2D eigenvalue weighted by atomic mass is 16.2. The van der Waals surface area contributed by atoms with Crippen LogP contribution in [0.4, 0.5) is 5.69 Å². The molecule has 3 rings (SSSR count). The molecule has 6 nitrogen and oxygen atoms in total. The Balaban J connectivity index is 1.71. The van der Waals surface area contributed by atoms with E-state index in [9.17, 15) is 9.59 Å². The SMILES string of the molecule is Cn1cc(N2CCN(C(=O)c3ccccc3)CC2=O)cn1. The number of nitrogens with zero attached hydrogens (tertiary/aromatic N) is 4. The van der Waals surface area contributed by atoms with Crippen LogP contribution in [-0.4, -0.2) is 46.1 Å². The van der Waals surface area contributed by atoms with Gasteiger partial charge in [0.1, 0.15) is 6.54 Å². The standard InChI is InChI=1S/C15H16N4O2/c1-17-10-13(9-16-17)19-8-7-18(11-14(19)20)15(21)12-5-3-2-4-6-12/h2-6,9-10H,7-8,11H2,1H3. The lowest BCUT2D eigenvalue weighted by atomic mass is 10.2. The largest absolute Gasteiger partial charge is 0.328 e. The third-order valence-corrected chi connectivity index (χ3v) is 3.53. The highest BCUT2D eigenvalue weighted by Crippen LogP contribution is 2.17. The Hall–Kier alpha value is -2.63. The van der Waals surface area contributed by atoms with E-state index in [1.54, 1.807) is 39.0 Å². The summed E-state index contributed by atoms with van der Waals surface area (Å²) in [6, 6.07) is 9.03. The smallest absolute Gasteiger partial charge is 0.254 e. The fourth-order valence-electron chi connectivity index (χ4n) is 2.43. The molecule has 21 heavy (non-hydrogen) atoms. The molecule has 0 N–H and O–H groups in total. The Morgan fingerprint density at radius 3 is 2.57 bits per heavy atom. The van der Waals surface area contributed by atoms with Gasteiger partial charge in [-0.25, -0.2) is 0 Å². The highest BCUT2D eigenvalue weighted by Gasteiger charge is 2.28. The normalized spacial score (nSPS) is 15.4. The summed E-state index contributed by atoms with van der Waals surface area (Å²) in [7, 11) is 1.81. The average Bonchev–Trinajstić information content (AvgIpc) is 2.93. The maximum atomic E-state index is 12.3. The van der Waals surface area contributed by atoms with Gasteiger partial charge in [0.15, 0.2) is 0 Å². The fraction of sp³-hybridized carbons (Fsp3) is 0.267. The molecule has 0 radical (unpaired) electrons. The number of carbonyl (C=O) groups excluding carboxylic acids is 2. The van der Waals surface area contributed by atoms with Crippen molar-refractivity contribution >= 4 is 17.5 Å². The van der Waals surface area contributed by atoms with E-state index in [0.717, 1.165) is 5.69 Å². The molecule has 1 aromatic carbocycles. The zero-order valence-electron chi connectivity index (χ0n) is 11.8. The molecule has 1 aliphatic rings. The molecule has 1 saturated heterocycles. The van der Waals surface area contributed by atoms with Gasteiger partial charge in [-0.3, -0.25) is 14.3 Å². The van der Waals surface area contributed by atoms with E-state index in [4.69, 9.17) is 0 Å². The predicted molar refractivity (Wildman–Crippen MR) is 77.9 cm³/mol. The lowest BCUT2D eigenvalue weighted by Crippen LogP contribution is -2.52. The molecular weight excluding hydrogens is 268 g/mol. The van der Waals surface area contributed by atoms with Crippen molar-refractivity contribution in [1.82, 2.24) is 14.7 Å². The summed E-state index contributed by atoms with van der Waals surface area (Å²) in [4.78, 5) is 27.8. The first-order valence-corrected chi connectivity index (χ1v) is 6.78. The predicted octanol–water partition coefficient (Wildman–Crippen LogP) is 0.909. The number of piperazine rings is 1. The van der Waals surface area contributed by atoms with Crippen LogP contribution in [0.3, 0.4) is 0 Å². The number of hydrogen-bond donors (Lipinski definition) is 0. The molecule has 0 atom stereocenters. The summed E-state index contributed by atoms with van der Waals surface area (Å²) in [5.74, 6) is -0.187. The number of amides is 2. The van der Waals surface area contributed by atoms with E-state index in [1.807, 2.05) is 25.2 Å². The van der Waals surface area contributed by atoms with Gasteiger partial charge in [-0.15, -0.1) is 0 Å². The van der Waals surface area contributed by atoms with Gasteiger partial charge < -0.3 is 9.80 Å². The van der Waals surface area contributed by atoms with Gasteiger partial charge in [0.05, 0.1) is 11.9 Å². The van der Waals surface area contributed by atoms with Crippen LogP contribution in [0.5, 0.6) is 0 Å². The number of hydrogen-bond acceptors (Lipinski definition) is 3. The Morgan fingerprint density at radius 2 is 1.95 bits per heavy atom. The van der Waals surface area contributed by atoms with Gasteiger partial charge in [-0.1, -0.05) is 18.2 Å². The topological polar surface area (TPSA) is 58.4 Å².